The molecular formula is C18H16N2O. The van der Waals surface area contributed by atoms with Gasteiger partial charge in [0, 0.05) is 18.0 Å². The van der Waals surface area contributed by atoms with E-state index < -0.39 is 0 Å². The minimum Gasteiger partial charge on any atom is -0.489 e. The van der Waals surface area contributed by atoms with Gasteiger partial charge in [0.15, 0.2) is 0 Å². The smallest absolute Gasteiger partial charge is 0.119 e. The van der Waals surface area contributed by atoms with Gasteiger partial charge in [0.1, 0.15) is 12.4 Å². The first-order valence-electron chi connectivity index (χ1n) is 6.79. The highest BCUT2D eigenvalue weighted by Gasteiger charge is 2.00. The number of nitrogen functional groups attached to an aromatic ring is 1. The first-order chi connectivity index (χ1) is 10.3. The Kier molecular flexibility index (Phi) is 3.83. The van der Waals surface area contributed by atoms with Crippen LogP contribution in [0.25, 0.3) is 11.1 Å². The van der Waals surface area contributed by atoms with E-state index in [1.54, 1.807) is 12.4 Å². The Bertz CT molecular complexity index is 709. The van der Waals surface area contributed by atoms with E-state index in [-0.39, 0.29) is 0 Å². The SMILES string of the molecule is Nc1cncc(-c2ccc(OCc3ccccc3)cc2)c1. The van der Waals surface area contributed by atoms with Crippen LogP contribution in [0.15, 0.2) is 73.1 Å². The average Bonchev–Trinajstić information content (AvgIpc) is 2.54. The van der Waals surface area contributed by atoms with E-state index in [0.29, 0.717) is 12.3 Å². The lowest BCUT2D eigenvalue weighted by atomic mass is 10.1. The Morgan fingerprint density at radius 1 is 0.857 bits per heavy atom. The predicted molar refractivity (Wildman–Crippen MR) is 84.9 cm³/mol. The van der Waals surface area contributed by atoms with Gasteiger partial charge in [-0.1, -0.05) is 42.5 Å². The lowest BCUT2D eigenvalue weighted by Crippen LogP contribution is -1.94. The van der Waals surface area contributed by atoms with Crippen LogP contribution in [0.1, 0.15) is 5.56 Å². The number of hydrogen-bond acceptors (Lipinski definition) is 3. The largest absolute Gasteiger partial charge is 0.489 e. The van der Waals surface area contributed by atoms with Crippen LogP contribution in [0.3, 0.4) is 0 Å². The summed E-state index contributed by atoms with van der Waals surface area (Å²) in [4.78, 5) is 4.10. The molecule has 0 atom stereocenters. The maximum Gasteiger partial charge on any atom is 0.119 e. The minimum absolute atomic E-state index is 0.569. The van der Waals surface area contributed by atoms with Crippen molar-refractivity contribution in [1.82, 2.24) is 4.98 Å². The number of nitrogens with two attached hydrogens (primary N) is 1. The quantitative estimate of drug-likeness (QED) is 0.786. The average molecular weight is 276 g/mol. The van der Waals surface area contributed by atoms with Crippen LogP contribution < -0.4 is 10.5 Å². The highest BCUT2D eigenvalue weighted by atomic mass is 16.5. The fourth-order valence-corrected chi connectivity index (χ4v) is 2.10. The molecular weight excluding hydrogens is 260 g/mol. The molecule has 3 nitrogen and oxygen atoms in total. The van der Waals surface area contributed by atoms with Gasteiger partial charge >= 0.3 is 0 Å². The van der Waals surface area contributed by atoms with Crippen molar-refractivity contribution in [2.24, 2.45) is 0 Å². The van der Waals surface area contributed by atoms with Crippen molar-refractivity contribution in [3.05, 3.63) is 78.6 Å². The summed E-state index contributed by atoms with van der Waals surface area (Å²) in [5.41, 5.74) is 9.64. The summed E-state index contributed by atoms with van der Waals surface area (Å²) in [5, 5.41) is 0. The number of rotatable bonds is 4. The van der Waals surface area contributed by atoms with E-state index in [2.05, 4.69) is 4.98 Å². The van der Waals surface area contributed by atoms with Crippen LogP contribution >= 0.6 is 0 Å². The summed E-state index contributed by atoms with van der Waals surface area (Å²) in [6, 6.07) is 20.0. The Balaban J connectivity index is 1.69. The van der Waals surface area contributed by atoms with Crippen molar-refractivity contribution in [1.29, 1.82) is 0 Å². The molecule has 0 spiro atoms. The molecule has 0 amide bonds. The van der Waals surface area contributed by atoms with Crippen molar-refractivity contribution < 1.29 is 4.74 Å². The van der Waals surface area contributed by atoms with Gasteiger partial charge in [0.2, 0.25) is 0 Å². The molecule has 0 aliphatic rings. The number of anilines is 1. The molecule has 104 valence electrons. The van der Waals surface area contributed by atoms with Crippen LogP contribution in [0.2, 0.25) is 0 Å². The number of benzene rings is 2. The second-order valence-electron chi connectivity index (χ2n) is 4.81. The molecule has 0 aliphatic carbocycles. The van der Waals surface area contributed by atoms with Crippen molar-refractivity contribution in [3.63, 3.8) is 0 Å². The maximum absolute atomic E-state index is 5.77. The van der Waals surface area contributed by atoms with Crippen molar-refractivity contribution in [2.45, 2.75) is 6.61 Å². The molecule has 3 rings (SSSR count). The monoisotopic (exact) mass is 276 g/mol. The maximum atomic E-state index is 5.77. The lowest BCUT2D eigenvalue weighted by Gasteiger charge is -2.07. The summed E-state index contributed by atoms with van der Waals surface area (Å²) in [5.74, 6) is 0.847. The molecule has 0 bridgehead atoms. The summed E-state index contributed by atoms with van der Waals surface area (Å²) >= 11 is 0. The van der Waals surface area contributed by atoms with Crippen LogP contribution in [0, 0.1) is 0 Å². The van der Waals surface area contributed by atoms with E-state index in [9.17, 15) is 0 Å². The summed E-state index contributed by atoms with van der Waals surface area (Å²) in [6.45, 7) is 0.569. The van der Waals surface area contributed by atoms with Crippen molar-refractivity contribution in [3.8, 4) is 16.9 Å². The minimum atomic E-state index is 0.569. The molecule has 0 saturated carbocycles. The predicted octanol–water partition coefficient (Wildman–Crippen LogP) is 3.91. The second kappa shape index (κ2) is 6.09. The van der Waals surface area contributed by atoms with Gasteiger partial charge in [-0.05, 0) is 29.3 Å². The third-order valence-electron chi connectivity index (χ3n) is 3.20. The molecule has 21 heavy (non-hydrogen) atoms. The zero-order valence-electron chi connectivity index (χ0n) is 11.6. The van der Waals surface area contributed by atoms with Gasteiger partial charge in [0.05, 0.1) is 5.69 Å². The topological polar surface area (TPSA) is 48.1 Å². The van der Waals surface area contributed by atoms with E-state index in [4.69, 9.17) is 10.5 Å². The normalized spacial score (nSPS) is 10.3. The van der Waals surface area contributed by atoms with E-state index >= 15 is 0 Å². The molecule has 2 aromatic carbocycles. The van der Waals surface area contributed by atoms with Crippen LogP contribution in [0.5, 0.6) is 5.75 Å². The van der Waals surface area contributed by atoms with Crippen LogP contribution in [0.4, 0.5) is 5.69 Å². The van der Waals surface area contributed by atoms with Gasteiger partial charge in [-0.3, -0.25) is 4.98 Å². The van der Waals surface area contributed by atoms with Gasteiger partial charge in [0.25, 0.3) is 0 Å². The van der Waals surface area contributed by atoms with Crippen LogP contribution in [-0.2, 0) is 6.61 Å². The number of ether oxygens (including phenoxy) is 1. The molecule has 0 radical (unpaired) electrons. The molecule has 1 heterocycles. The molecule has 0 aliphatic heterocycles. The molecule has 3 aromatic rings. The van der Waals surface area contributed by atoms with Crippen LogP contribution in [-0.4, -0.2) is 4.98 Å². The van der Waals surface area contributed by atoms with Crippen molar-refractivity contribution in [2.75, 3.05) is 5.73 Å². The molecule has 2 N–H and O–H groups in total. The third-order valence-corrected chi connectivity index (χ3v) is 3.20. The highest BCUT2D eigenvalue weighted by molar-refractivity contribution is 5.66. The highest BCUT2D eigenvalue weighted by Crippen LogP contribution is 2.23. The number of aromatic nitrogens is 1. The third kappa shape index (κ3) is 3.39. The molecule has 0 unspecified atom stereocenters. The number of nitrogens with zero attached hydrogens (tertiary/aromatic N) is 1. The molecule has 0 saturated heterocycles. The second-order valence-corrected chi connectivity index (χ2v) is 4.81. The summed E-state index contributed by atoms with van der Waals surface area (Å²) < 4.78 is 5.77. The van der Waals surface area contributed by atoms with Gasteiger partial charge in [-0.2, -0.15) is 0 Å². The lowest BCUT2D eigenvalue weighted by molar-refractivity contribution is 0.306. The Hall–Kier alpha value is -2.81. The standard InChI is InChI=1S/C18H16N2O/c19-17-10-16(11-20-12-17)15-6-8-18(9-7-15)21-13-14-4-2-1-3-5-14/h1-12H,13,19H2. The van der Waals surface area contributed by atoms with Gasteiger partial charge < -0.3 is 10.5 Å². The first-order valence-corrected chi connectivity index (χ1v) is 6.79. The molecule has 3 heteroatoms. The van der Waals surface area contributed by atoms with E-state index in [1.807, 2.05) is 60.7 Å². The van der Waals surface area contributed by atoms with Crippen molar-refractivity contribution >= 4 is 5.69 Å². The Morgan fingerprint density at radius 3 is 2.33 bits per heavy atom. The number of hydrogen-bond donors (Lipinski definition) is 1. The van der Waals surface area contributed by atoms with Gasteiger partial charge in [-0.15, -0.1) is 0 Å². The Morgan fingerprint density at radius 2 is 1.62 bits per heavy atom. The van der Waals surface area contributed by atoms with E-state index in [0.717, 1.165) is 22.4 Å². The summed E-state index contributed by atoms with van der Waals surface area (Å²) in [6.07, 6.45) is 3.44. The zero-order chi connectivity index (χ0) is 14.5. The fraction of sp³-hybridized carbons (Fsp3) is 0.0556. The number of pyridine rings is 1. The zero-order valence-corrected chi connectivity index (χ0v) is 11.6. The fourth-order valence-electron chi connectivity index (χ4n) is 2.10. The molecule has 1 aromatic heterocycles. The first kappa shape index (κ1) is 13.2. The summed E-state index contributed by atoms with van der Waals surface area (Å²) in [7, 11) is 0. The molecule has 0 fully saturated rings. The van der Waals surface area contributed by atoms with Gasteiger partial charge in [-0.25, -0.2) is 0 Å². The Labute approximate surface area is 124 Å². The van der Waals surface area contributed by atoms with E-state index in [1.165, 1.54) is 0 Å².